The number of benzene rings is 2. The van der Waals surface area contributed by atoms with Crippen molar-refractivity contribution in [1.29, 1.82) is 0 Å². The van der Waals surface area contributed by atoms with Crippen molar-refractivity contribution in [3.63, 3.8) is 0 Å². The number of aromatic hydroxyl groups is 1. The Bertz CT molecular complexity index is 1600. The second-order valence-electron chi connectivity index (χ2n) is 8.37. The second-order valence-corrected chi connectivity index (χ2v) is 8.37. The van der Waals surface area contributed by atoms with Gasteiger partial charge in [0.05, 0.1) is 23.1 Å². The van der Waals surface area contributed by atoms with Crippen molar-refractivity contribution in [2.45, 2.75) is 19.9 Å². The lowest BCUT2D eigenvalue weighted by Gasteiger charge is -2.22. The molecular formula is C29H24N4O3. The van der Waals surface area contributed by atoms with Gasteiger partial charge in [-0.25, -0.2) is 9.97 Å². The third-order valence-electron chi connectivity index (χ3n) is 6.03. The van der Waals surface area contributed by atoms with Gasteiger partial charge < -0.3 is 10.1 Å². The maximum Gasteiger partial charge on any atom is 0.257 e. The molecule has 0 spiro atoms. The monoisotopic (exact) mass is 476 g/mol. The highest BCUT2D eigenvalue weighted by Crippen LogP contribution is 2.33. The molecule has 0 saturated carbocycles. The van der Waals surface area contributed by atoms with Gasteiger partial charge in [-0.2, -0.15) is 0 Å². The van der Waals surface area contributed by atoms with Crippen LogP contribution in [0.3, 0.4) is 0 Å². The smallest absolute Gasteiger partial charge is 0.257 e. The number of amides is 1. The summed E-state index contributed by atoms with van der Waals surface area (Å²) >= 11 is 0. The van der Waals surface area contributed by atoms with Crippen LogP contribution in [0.15, 0.2) is 96.1 Å². The fourth-order valence-corrected chi connectivity index (χ4v) is 4.19. The van der Waals surface area contributed by atoms with Crippen LogP contribution in [0.4, 0.5) is 5.82 Å². The number of nitrogens with zero attached hydrogens (tertiary/aromatic N) is 3. The van der Waals surface area contributed by atoms with Crippen LogP contribution >= 0.6 is 0 Å². The summed E-state index contributed by atoms with van der Waals surface area (Å²) in [6.45, 7) is 2.05. The van der Waals surface area contributed by atoms with E-state index in [1.807, 2.05) is 60.7 Å². The maximum atomic E-state index is 12.6. The van der Waals surface area contributed by atoms with Gasteiger partial charge in [-0.3, -0.25) is 14.5 Å². The predicted molar refractivity (Wildman–Crippen MR) is 141 cm³/mol. The first kappa shape index (κ1) is 23.0. The Hall–Kier alpha value is -4.78. The predicted octanol–water partition coefficient (Wildman–Crippen LogP) is 5.30. The molecule has 0 radical (unpaired) electrons. The molecule has 0 aliphatic heterocycles. The van der Waals surface area contributed by atoms with Crippen LogP contribution < -0.4 is 10.5 Å². The Labute approximate surface area is 207 Å². The van der Waals surface area contributed by atoms with E-state index in [0.29, 0.717) is 10.9 Å². The topological polar surface area (TPSA) is 99.2 Å². The van der Waals surface area contributed by atoms with E-state index < -0.39 is 0 Å². The number of fused-ring (bicyclic) bond motifs is 1. The zero-order valence-corrected chi connectivity index (χ0v) is 19.7. The number of aromatic nitrogens is 3. The van der Waals surface area contributed by atoms with Crippen LogP contribution in [0, 0.1) is 0 Å². The minimum Gasteiger partial charge on any atom is -0.504 e. The average Bonchev–Trinajstić information content (AvgIpc) is 2.92. The highest BCUT2D eigenvalue weighted by Gasteiger charge is 2.19. The number of aromatic amines is 1. The molecule has 0 aliphatic carbocycles. The lowest BCUT2D eigenvalue weighted by Crippen LogP contribution is -2.30. The minimum absolute atomic E-state index is 0.0428. The van der Waals surface area contributed by atoms with Crippen molar-refractivity contribution in [3.8, 4) is 28.1 Å². The molecule has 0 fully saturated rings. The molecule has 7 nitrogen and oxygen atoms in total. The first-order valence-electron chi connectivity index (χ1n) is 11.7. The summed E-state index contributed by atoms with van der Waals surface area (Å²) in [5.41, 5.74) is 4.77. The minimum atomic E-state index is -0.183. The number of hydrogen-bond donors (Lipinski definition) is 2. The lowest BCUT2D eigenvalue weighted by molar-refractivity contribution is -0.118. The summed E-state index contributed by atoms with van der Waals surface area (Å²) < 4.78 is 0. The van der Waals surface area contributed by atoms with Crippen molar-refractivity contribution in [1.82, 2.24) is 15.0 Å². The summed E-state index contributed by atoms with van der Waals surface area (Å²) in [6, 6.07) is 24.4. The Morgan fingerprint density at radius 3 is 2.47 bits per heavy atom. The molecule has 0 saturated heterocycles. The largest absolute Gasteiger partial charge is 0.504 e. The number of anilines is 1. The Morgan fingerprint density at radius 1 is 0.972 bits per heavy atom. The Balaban J connectivity index is 1.55. The van der Waals surface area contributed by atoms with Crippen molar-refractivity contribution >= 4 is 22.6 Å². The SMILES string of the molecule is CCC(=O)N(Cc1ccc(-c2nc3cc[nH]c(=O)c3cc2-c2ccccc2)cc1)c1ncccc1O. The van der Waals surface area contributed by atoms with Crippen LogP contribution in [0.1, 0.15) is 18.9 Å². The summed E-state index contributed by atoms with van der Waals surface area (Å²) in [7, 11) is 0. The van der Waals surface area contributed by atoms with Crippen molar-refractivity contribution in [2.24, 2.45) is 0 Å². The fourth-order valence-electron chi connectivity index (χ4n) is 4.19. The zero-order valence-electron chi connectivity index (χ0n) is 19.7. The van der Waals surface area contributed by atoms with E-state index in [2.05, 4.69) is 9.97 Å². The summed E-state index contributed by atoms with van der Waals surface area (Å²) in [5, 5.41) is 10.8. The molecule has 0 atom stereocenters. The van der Waals surface area contributed by atoms with E-state index in [9.17, 15) is 14.7 Å². The van der Waals surface area contributed by atoms with E-state index >= 15 is 0 Å². The van der Waals surface area contributed by atoms with Crippen LogP contribution in [0.5, 0.6) is 5.75 Å². The van der Waals surface area contributed by atoms with Gasteiger partial charge in [0.25, 0.3) is 5.56 Å². The first-order valence-corrected chi connectivity index (χ1v) is 11.7. The van der Waals surface area contributed by atoms with Crippen molar-refractivity contribution < 1.29 is 9.90 Å². The molecule has 178 valence electrons. The molecule has 0 unspecified atom stereocenters. The molecule has 3 heterocycles. The van der Waals surface area contributed by atoms with Crippen molar-refractivity contribution in [2.75, 3.05) is 4.90 Å². The summed E-state index contributed by atoms with van der Waals surface area (Å²) in [5.74, 6) is 0.0563. The lowest BCUT2D eigenvalue weighted by atomic mass is 9.97. The first-order chi connectivity index (χ1) is 17.5. The summed E-state index contributed by atoms with van der Waals surface area (Å²) in [6.07, 6.45) is 3.43. The molecule has 0 bridgehead atoms. The van der Waals surface area contributed by atoms with Crippen LogP contribution in [-0.4, -0.2) is 26.0 Å². The molecule has 7 heteroatoms. The molecular weight excluding hydrogens is 452 g/mol. The molecule has 36 heavy (non-hydrogen) atoms. The molecule has 2 aromatic carbocycles. The van der Waals surface area contributed by atoms with Crippen LogP contribution in [0.25, 0.3) is 33.3 Å². The van der Waals surface area contributed by atoms with Crippen LogP contribution in [0.2, 0.25) is 0 Å². The molecule has 3 aromatic heterocycles. The highest BCUT2D eigenvalue weighted by atomic mass is 16.3. The quantitative estimate of drug-likeness (QED) is 0.346. The number of carbonyl (C=O) groups excluding carboxylic acids is 1. The number of carbonyl (C=O) groups is 1. The van der Waals surface area contributed by atoms with Gasteiger partial charge in [-0.15, -0.1) is 0 Å². The van der Waals surface area contributed by atoms with Gasteiger partial charge in [-0.1, -0.05) is 61.5 Å². The molecule has 5 aromatic rings. The average molecular weight is 477 g/mol. The van der Waals surface area contributed by atoms with Gasteiger partial charge in [0, 0.05) is 29.9 Å². The molecule has 1 amide bonds. The Kier molecular flexibility index (Phi) is 6.28. The van der Waals surface area contributed by atoms with Gasteiger partial charge in [0.1, 0.15) is 0 Å². The third kappa shape index (κ3) is 4.46. The highest BCUT2D eigenvalue weighted by molar-refractivity contribution is 5.93. The normalized spacial score (nSPS) is 10.9. The van der Waals surface area contributed by atoms with Gasteiger partial charge in [-0.05, 0) is 35.4 Å². The molecule has 2 N–H and O–H groups in total. The number of nitrogens with one attached hydrogen (secondary N) is 1. The third-order valence-corrected chi connectivity index (χ3v) is 6.03. The maximum absolute atomic E-state index is 12.6. The Morgan fingerprint density at radius 2 is 1.75 bits per heavy atom. The zero-order chi connectivity index (χ0) is 25.1. The van der Waals surface area contributed by atoms with E-state index in [0.717, 1.165) is 27.9 Å². The van der Waals surface area contributed by atoms with Crippen molar-refractivity contribution in [3.05, 3.63) is 107 Å². The molecule has 0 aliphatic rings. The number of H-pyrrole nitrogens is 1. The second kappa shape index (κ2) is 9.84. The van der Waals surface area contributed by atoms with E-state index in [4.69, 9.17) is 4.98 Å². The van der Waals surface area contributed by atoms with Gasteiger partial charge >= 0.3 is 0 Å². The number of rotatable bonds is 6. The number of hydrogen-bond acceptors (Lipinski definition) is 5. The van der Waals surface area contributed by atoms with E-state index in [-0.39, 0.29) is 36.0 Å². The van der Waals surface area contributed by atoms with E-state index in [1.54, 1.807) is 31.5 Å². The van der Waals surface area contributed by atoms with Gasteiger partial charge in [0.2, 0.25) is 5.91 Å². The number of pyridine rings is 3. The van der Waals surface area contributed by atoms with Gasteiger partial charge in [0.15, 0.2) is 11.6 Å². The van der Waals surface area contributed by atoms with E-state index in [1.165, 1.54) is 11.0 Å². The fraction of sp³-hybridized carbons (Fsp3) is 0.103. The van der Waals surface area contributed by atoms with Crippen LogP contribution in [-0.2, 0) is 11.3 Å². The standard InChI is InChI=1S/C29H24N4O3/c1-2-26(35)33(28-25(34)9-6-15-30-28)18-19-10-12-21(13-11-19)27-22(20-7-4-3-5-8-20)17-23-24(32-27)14-16-31-29(23)36/h3-17,34H,2,18H2,1H3,(H,31,36). The summed E-state index contributed by atoms with van der Waals surface area (Å²) in [4.78, 5) is 38.3. The molecule has 5 rings (SSSR count).